The number of ether oxygens (including phenoxy) is 4. The molecule has 0 aromatic heterocycles. The van der Waals surface area contributed by atoms with Gasteiger partial charge in [0.1, 0.15) is 13.2 Å². The quantitative estimate of drug-likeness (QED) is 0.375. The van der Waals surface area contributed by atoms with E-state index in [4.69, 9.17) is 34.1 Å². The van der Waals surface area contributed by atoms with Crippen molar-refractivity contribution in [3.05, 3.63) is 24.3 Å². The van der Waals surface area contributed by atoms with Crippen molar-refractivity contribution in [2.45, 2.75) is 51.9 Å². The van der Waals surface area contributed by atoms with Crippen LogP contribution in [0.5, 0.6) is 11.5 Å². The molecule has 0 amide bonds. The third-order valence-corrected chi connectivity index (χ3v) is 16.4. The van der Waals surface area contributed by atoms with Gasteiger partial charge in [0.05, 0.1) is 61.4 Å². The van der Waals surface area contributed by atoms with Gasteiger partial charge in [0.15, 0.2) is 11.5 Å². The molecule has 0 saturated heterocycles. The summed E-state index contributed by atoms with van der Waals surface area (Å²) in [6.45, 7) is 16.9. The van der Waals surface area contributed by atoms with Gasteiger partial charge in [-0.1, -0.05) is 12.1 Å². The number of hydrogen-bond acceptors (Lipinski definition) is 4. The first-order valence-corrected chi connectivity index (χ1v) is 16.2. The molecular formula is C24H42B2O4P2+2. The van der Waals surface area contributed by atoms with E-state index in [1.807, 2.05) is 24.3 Å². The van der Waals surface area contributed by atoms with Crippen LogP contribution in [-0.2, 0) is 9.47 Å². The fourth-order valence-electron chi connectivity index (χ4n) is 3.69. The first kappa shape index (κ1) is 28.0. The summed E-state index contributed by atoms with van der Waals surface area (Å²) in [5.41, 5.74) is 0. The molecule has 0 N–H and O–H groups in total. The first-order valence-electron chi connectivity index (χ1n) is 11.7. The highest BCUT2D eigenvalue weighted by Crippen LogP contribution is 2.71. The second-order valence-corrected chi connectivity index (χ2v) is 19.3. The van der Waals surface area contributed by atoms with E-state index in [9.17, 15) is 0 Å². The zero-order chi connectivity index (χ0) is 23.9. The van der Waals surface area contributed by atoms with Crippen molar-refractivity contribution in [1.82, 2.24) is 0 Å². The molecule has 0 saturated carbocycles. The molecule has 32 heavy (non-hydrogen) atoms. The third kappa shape index (κ3) is 7.90. The van der Waals surface area contributed by atoms with Gasteiger partial charge in [-0.15, -0.1) is 0 Å². The molecule has 2 atom stereocenters. The Morgan fingerprint density at radius 3 is 1.31 bits per heavy atom. The van der Waals surface area contributed by atoms with Crippen LogP contribution in [0.1, 0.15) is 41.5 Å². The summed E-state index contributed by atoms with van der Waals surface area (Å²) in [6, 6.07) is 7.72. The molecule has 0 bridgehead atoms. The molecule has 1 aromatic carbocycles. The van der Waals surface area contributed by atoms with E-state index in [0.29, 0.717) is 39.6 Å². The van der Waals surface area contributed by atoms with Gasteiger partial charge in [-0.05, 0) is 68.0 Å². The van der Waals surface area contributed by atoms with Gasteiger partial charge < -0.3 is 18.9 Å². The Morgan fingerprint density at radius 1 is 0.594 bits per heavy atom. The van der Waals surface area contributed by atoms with E-state index < -0.39 is 14.3 Å². The second kappa shape index (κ2) is 11.9. The van der Waals surface area contributed by atoms with Crippen molar-refractivity contribution in [3.8, 4) is 11.5 Å². The summed E-state index contributed by atoms with van der Waals surface area (Å²) < 4.78 is 23.7. The minimum atomic E-state index is -1.74. The maximum absolute atomic E-state index is 7.13. The Labute approximate surface area is 200 Å². The highest BCUT2D eigenvalue weighted by atomic mass is 31.2. The molecule has 0 fully saturated rings. The lowest BCUT2D eigenvalue weighted by Crippen LogP contribution is -2.33. The Kier molecular flexibility index (Phi) is 10.4. The Hall–Kier alpha value is -0.270. The van der Waals surface area contributed by atoms with Crippen LogP contribution in [0.15, 0.2) is 24.3 Å². The lowest BCUT2D eigenvalue weighted by molar-refractivity contribution is 0.101. The number of rotatable bonds is 0. The summed E-state index contributed by atoms with van der Waals surface area (Å²) in [7, 11) is 10.8. The van der Waals surface area contributed by atoms with E-state index in [1.54, 1.807) is 0 Å². The van der Waals surface area contributed by atoms with Crippen LogP contribution in [-0.4, -0.2) is 89.7 Å². The smallest absolute Gasteiger partial charge is 0.365 e. The highest BCUT2D eigenvalue weighted by Gasteiger charge is 2.50. The predicted molar refractivity (Wildman–Crippen MR) is 143 cm³/mol. The normalized spacial score (nSPS) is 27.8. The topological polar surface area (TPSA) is 36.9 Å². The van der Waals surface area contributed by atoms with Gasteiger partial charge in [-0.3, -0.25) is 0 Å². The van der Waals surface area contributed by atoms with Crippen LogP contribution in [0.3, 0.4) is 0 Å². The molecule has 2 rings (SSSR count). The zero-order valence-corrected chi connectivity index (χ0v) is 22.9. The summed E-state index contributed by atoms with van der Waals surface area (Å²) in [5, 5.41) is 0.117. The van der Waals surface area contributed by atoms with Gasteiger partial charge in [-0.2, -0.15) is 0 Å². The van der Waals surface area contributed by atoms with E-state index in [1.165, 1.54) is 0 Å². The summed E-state index contributed by atoms with van der Waals surface area (Å²) in [4.78, 5) is 0. The first-order chi connectivity index (χ1) is 14.9. The van der Waals surface area contributed by atoms with Crippen LogP contribution in [0.25, 0.3) is 0 Å². The monoisotopic (exact) mass is 478 g/mol. The zero-order valence-electron chi connectivity index (χ0n) is 21.1. The van der Waals surface area contributed by atoms with Gasteiger partial charge in [0.2, 0.25) is 0 Å². The summed E-state index contributed by atoms with van der Waals surface area (Å²) >= 11 is 0. The third-order valence-electron chi connectivity index (χ3n) is 6.66. The summed E-state index contributed by atoms with van der Waals surface area (Å²) in [5.74, 6) is 1.46. The van der Waals surface area contributed by atoms with Gasteiger partial charge in [0, 0.05) is 0 Å². The van der Waals surface area contributed by atoms with Crippen molar-refractivity contribution < 1.29 is 18.9 Å². The van der Waals surface area contributed by atoms with Gasteiger partial charge >= 0.3 is 15.1 Å². The molecule has 4 nitrogen and oxygen atoms in total. The molecule has 0 spiro atoms. The Bertz CT molecular complexity index is 649. The number of para-hydroxylation sites is 2. The molecule has 0 aliphatic carbocycles. The molecule has 2 unspecified atom stereocenters. The van der Waals surface area contributed by atoms with Crippen molar-refractivity contribution >= 4 is 29.4 Å². The van der Waals surface area contributed by atoms with Gasteiger partial charge in [0.25, 0.3) is 0 Å². The Morgan fingerprint density at radius 2 is 0.969 bits per heavy atom. The highest BCUT2D eigenvalue weighted by molar-refractivity contribution is 8.01. The minimum Gasteiger partial charge on any atom is -0.487 e. The summed E-state index contributed by atoms with van der Waals surface area (Å²) in [6.07, 6.45) is 3.79. The molecule has 1 aliphatic rings. The predicted octanol–water partition coefficient (Wildman–Crippen LogP) is 5.29. The van der Waals surface area contributed by atoms with Crippen molar-refractivity contribution in [3.63, 3.8) is 0 Å². The average Bonchev–Trinajstić information content (AvgIpc) is 2.70. The number of hydrogen-bond donors (Lipinski definition) is 0. The number of fused-ring (bicyclic) bond motifs is 1. The standard InChI is InChI=1S/C24H42B2O4P2/c1-23(2,3)31(25)17-15-27-11-13-29-21-9-7-8-10-22(21)30-14-12-28-16-18-32(26,20-19-31)24(4,5)6/h7-10H,11-20H2,1-6H3/q+2. The molecule has 8 heteroatoms. The lowest BCUT2D eigenvalue weighted by atomic mass is 10.2. The minimum absolute atomic E-state index is 0.0587. The van der Waals surface area contributed by atoms with Crippen molar-refractivity contribution in [2.75, 3.05) is 64.3 Å². The molecule has 176 valence electrons. The molecule has 4 radical (unpaired) electrons. The molecule has 1 heterocycles. The molecular weight excluding hydrogens is 436 g/mol. The van der Waals surface area contributed by atoms with Crippen LogP contribution in [0.4, 0.5) is 0 Å². The fourth-order valence-corrected chi connectivity index (χ4v) is 10.6. The fraction of sp³-hybridized carbons (Fsp3) is 0.750. The van der Waals surface area contributed by atoms with E-state index in [0.717, 1.165) is 36.1 Å². The van der Waals surface area contributed by atoms with E-state index in [2.05, 4.69) is 41.5 Å². The maximum atomic E-state index is 7.13. The largest absolute Gasteiger partial charge is 0.487 e. The van der Waals surface area contributed by atoms with E-state index in [-0.39, 0.29) is 10.3 Å². The van der Waals surface area contributed by atoms with Crippen LogP contribution < -0.4 is 9.47 Å². The van der Waals surface area contributed by atoms with Crippen LogP contribution >= 0.6 is 14.3 Å². The molecule has 1 aromatic rings. The van der Waals surface area contributed by atoms with Crippen LogP contribution in [0.2, 0.25) is 0 Å². The second-order valence-electron chi connectivity index (χ2n) is 10.7. The Balaban J connectivity index is 2.16. The van der Waals surface area contributed by atoms with Crippen molar-refractivity contribution in [2.24, 2.45) is 0 Å². The SMILES string of the molecule is [B][P+]1(C(C)(C)C)CCOCCOc2ccccc2OCCOCC[P+]([B])(C(C)(C)C)CC1. The van der Waals surface area contributed by atoms with Gasteiger partial charge in [-0.25, -0.2) is 0 Å². The maximum Gasteiger partial charge on any atom is 0.365 e. The average molecular weight is 478 g/mol. The molecule has 1 aliphatic heterocycles. The number of benzene rings is 1. The lowest BCUT2D eigenvalue weighted by Gasteiger charge is -2.41. The van der Waals surface area contributed by atoms with Crippen LogP contribution in [0, 0.1) is 0 Å². The van der Waals surface area contributed by atoms with Crippen molar-refractivity contribution in [1.29, 1.82) is 0 Å². The van der Waals surface area contributed by atoms with E-state index >= 15 is 0 Å².